The number of phenolic OH excluding ortho intramolecular Hbond substituents is 1. The number of rotatable bonds is 2. The van der Waals surface area contributed by atoms with Crippen molar-refractivity contribution in [1.29, 1.82) is 0 Å². The monoisotopic (exact) mass is 228 g/mol. The van der Waals surface area contributed by atoms with Gasteiger partial charge < -0.3 is 14.9 Å². The minimum absolute atomic E-state index is 0.0153. The van der Waals surface area contributed by atoms with Gasteiger partial charge in [-0.3, -0.25) is 0 Å². The molecule has 0 atom stereocenters. The Hall–Kier alpha value is -0.930. The minimum atomic E-state index is -0.812. The van der Waals surface area contributed by atoms with Gasteiger partial charge in [0.05, 0.1) is 12.7 Å². The van der Waals surface area contributed by atoms with Crippen LogP contribution in [0.2, 0.25) is 5.02 Å². The average Bonchev–Trinajstić information content (AvgIpc) is 2.94. The van der Waals surface area contributed by atoms with E-state index in [1.54, 1.807) is 13.0 Å². The molecule has 0 saturated heterocycles. The van der Waals surface area contributed by atoms with E-state index < -0.39 is 5.60 Å². The number of hydrogen-bond acceptors (Lipinski definition) is 3. The van der Waals surface area contributed by atoms with Gasteiger partial charge in [-0.25, -0.2) is 0 Å². The van der Waals surface area contributed by atoms with Crippen LogP contribution in [0.5, 0.6) is 11.5 Å². The summed E-state index contributed by atoms with van der Waals surface area (Å²) in [5, 5.41) is 19.8. The first kappa shape index (κ1) is 10.6. The van der Waals surface area contributed by atoms with E-state index in [0.29, 0.717) is 29.7 Å². The highest BCUT2D eigenvalue weighted by molar-refractivity contribution is 6.33. The van der Waals surface area contributed by atoms with Gasteiger partial charge in [-0.15, -0.1) is 0 Å². The van der Waals surface area contributed by atoms with E-state index in [1.165, 1.54) is 7.11 Å². The molecule has 0 aliphatic heterocycles. The van der Waals surface area contributed by atoms with Gasteiger partial charge in [-0.1, -0.05) is 11.6 Å². The second kappa shape index (κ2) is 3.29. The number of aliphatic hydroxyl groups is 1. The van der Waals surface area contributed by atoms with Crippen molar-refractivity contribution >= 4 is 11.6 Å². The molecule has 15 heavy (non-hydrogen) atoms. The zero-order chi connectivity index (χ0) is 11.2. The molecule has 0 aromatic heterocycles. The molecule has 2 rings (SSSR count). The standard InChI is InChI=1S/C11H13ClO3/c1-6-5-7(11(14)3-4-11)10(15-2)8(12)9(6)13/h5,13-14H,3-4H2,1-2H3. The Balaban J connectivity index is 2.63. The lowest BCUT2D eigenvalue weighted by molar-refractivity contribution is 0.147. The fraction of sp³-hybridized carbons (Fsp3) is 0.455. The number of methoxy groups -OCH3 is 1. The number of benzene rings is 1. The number of halogens is 1. The lowest BCUT2D eigenvalue weighted by atomic mass is 10.0. The van der Waals surface area contributed by atoms with Crippen LogP contribution >= 0.6 is 11.6 Å². The zero-order valence-electron chi connectivity index (χ0n) is 8.67. The normalized spacial score (nSPS) is 17.6. The Morgan fingerprint density at radius 1 is 1.47 bits per heavy atom. The van der Waals surface area contributed by atoms with Crippen molar-refractivity contribution in [3.63, 3.8) is 0 Å². The molecule has 1 aromatic carbocycles. The minimum Gasteiger partial charge on any atom is -0.506 e. The summed E-state index contributed by atoms with van der Waals surface area (Å²) < 4.78 is 5.13. The topological polar surface area (TPSA) is 49.7 Å². The molecule has 1 aliphatic carbocycles. The van der Waals surface area contributed by atoms with Gasteiger partial charge in [0.2, 0.25) is 0 Å². The van der Waals surface area contributed by atoms with Crippen LogP contribution in [0.4, 0.5) is 0 Å². The Morgan fingerprint density at radius 2 is 2.07 bits per heavy atom. The smallest absolute Gasteiger partial charge is 0.147 e. The summed E-state index contributed by atoms with van der Waals surface area (Å²) in [5.74, 6) is 0.390. The Bertz CT molecular complexity index is 411. The molecule has 0 radical (unpaired) electrons. The maximum Gasteiger partial charge on any atom is 0.147 e. The number of phenols is 1. The van der Waals surface area contributed by atoms with E-state index in [4.69, 9.17) is 16.3 Å². The molecule has 1 saturated carbocycles. The third-order valence-corrected chi connectivity index (χ3v) is 3.17. The van der Waals surface area contributed by atoms with Crippen LogP contribution in [0.3, 0.4) is 0 Å². The summed E-state index contributed by atoms with van der Waals surface area (Å²) in [6, 6.07) is 1.73. The van der Waals surface area contributed by atoms with Crippen LogP contribution in [0.1, 0.15) is 24.0 Å². The quantitative estimate of drug-likeness (QED) is 0.817. The number of aryl methyl sites for hydroxylation is 1. The largest absolute Gasteiger partial charge is 0.506 e. The molecule has 82 valence electrons. The molecule has 3 nitrogen and oxygen atoms in total. The molecule has 1 fully saturated rings. The van der Waals surface area contributed by atoms with Crippen LogP contribution in [-0.2, 0) is 5.60 Å². The van der Waals surface area contributed by atoms with Crippen molar-refractivity contribution < 1.29 is 14.9 Å². The molecular formula is C11H13ClO3. The Kier molecular flexibility index (Phi) is 2.32. The summed E-state index contributed by atoms with van der Waals surface area (Å²) in [5.41, 5.74) is 0.509. The predicted molar refractivity (Wildman–Crippen MR) is 57.5 cm³/mol. The average molecular weight is 229 g/mol. The van der Waals surface area contributed by atoms with Crippen molar-refractivity contribution in [1.82, 2.24) is 0 Å². The fourth-order valence-electron chi connectivity index (χ4n) is 1.68. The summed E-state index contributed by atoms with van der Waals surface area (Å²) >= 11 is 5.95. The molecule has 0 bridgehead atoms. The third-order valence-electron chi connectivity index (χ3n) is 2.82. The van der Waals surface area contributed by atoms with E-state index in [1.807, 2.05) is 0 Å². The molecule has 0 spiro atoms. The second-order valence-corrected chi connectivity index (χ2v) is 4.35. The number of hydrogen-bond donors (Lipinski definition) is 2. The lowest BCUT2D eigenvalue weighted by Crippen LogP contribution is -2.07. The second-order valence-electron chi connectivity index (χ2n) is 3.97. The fourth-order valence-corrected chi connectivity index (χ4v) is 2.01. The van der Waals surface area contributed by atoms with Gasteiger partial charge >= 0.3 is 0 Å². The van der Waals surface area contributed by atoms with Crippen LogP contribution in [0.15, 0.2) is 6.07 Å². The first-order valence-electron chi connectivity index (χ1n) is 4.78. The van der Waals surface area contributed by atoms with Gasteiger partial charge in [-0.05, 0) is 31.4 Å². The zero-order valence-corrected chi connectivity index (χ0v) is 9.43. The van der Waals surface area contributed by atoms with Gasteiger partial charge in [0.1, 0.15) is 16.5 Å². The highest BCUT2D eigenvalue weighted by atomic mass is 35.5. The molecule has 0 unspecified atom stereocenters. The highest BCUT2D eigenvalue weighted by Gasteiger charge is 2.45. The van der Waals surface area contributed by atoms with Gasteiger partial charge in [0.25, 0.3) is 0 Å². The first-order chi connectivity index (χ1) is 6.99. The lowest BCUT2D eigenvalue weighted by Gasteiger charge is -2.17. The van der Waals surface area contributed by atoms with Crippen LogP contribution in [0, 0.1) is 6.92 Å². The molecule has 0 amide bonds. The van der Waals surface area contributed by atoms with Crippen LogP contribution in [0.25, 0.3) is 0 Å². The molecule has 0 heterocycles. The third kappa shape index (κ3) is 1.56. The number of ether oxygens (including phenoxy) is 1. The van der Waals surface area contributed by atoms with Gasteiger partial charge in [0.15, 0.2) is 0 Å². The van der Waals surface area contributed by atoms with Gasteiger partial charge in [0, 0.05) is 5.56 Å². The molecule has 1 aliphatic rings. The van der Waals surface area contributed by atoms with Crippen molar-refractivity contribution in [2.75, 3.05) is 7.11 Å². The van der Waals surface area contributed by atoms with Crippen LogP contribution < -0.4 is 4.74 Å². The van der Waals surface area contributed by atoms with Crippen molar-refractivity contribution in [3.8, 4) is 11.5 Å². The van der Waals surface area contributed by atoms with E-state index in [-0.39, 0.29) is 10.8 Å². The molecular weight excluding hydrogens is 216 g/mol. The maximum absolute atomic E-state index is 10.0. The summed E-state index contributed by atoms with van der Waals surface area (Å²) in [6.07, 6.45) is 1.42. The summed E-state index contributed by atoms with van der Waals surface area (Å²) in [4.78, 5) is 0. The van der Waals surface area contributed by atoms with Crippen molar-refractivity contribution in [3.05, 3.63) is 22.2 Å². The number of aromatic hydroxyl groups is 1. The van der Waals surface area contributed by atoms with Crippen molar-refractivity contribution in [2.45, 2.75) is 25.4 Å². The van der Waals surface area contributed by atoms with E-state index in [0.717, 1.165) is 0 Å². The SMILES string of the molecule is COc1c(C2(O)CC2)cc(C)c(O)c1Cl. The van der Waals surface area contributed by atoms with E-state index in [2.05, 4.69) is 0 Å². The summed E-state index contributed by atoms with van der Waals surface area (Å²) in [7, 11) is 1.48. The molecule has 4 heteroatoms. The molecule has 2 N–H and O–H groups in total. The van der Waals surface area contributed by atoms with Crippen LogP contribution in [-0.4, -0.2) is 17.3 Å². The Morgan fingerprint density at radius 3 is 2.53 bits per heavy atom. The Labute approximate surface area is 93.3 Å². The van der Waals surface area contributed by atoms with E-state index >= 15 is 0 Å². The van der Waals surface area contributed by atoms with E-state index in [9.17, 15) is 10.2 Å². The van der Waals surface area contributed by atoms with Gasteiger partial charge in [-0.2, -0.15) is 0 Å². The first-order valence-corrected chi connectivity index (χ1v) is 5.16. The summed E-state index contributed by atoms with van der Waals surface area (Å²) in [6.45, 7) is 1.75. The molecule has 1 aromatic rings. The maximum atomic E-state index is 10.0. The predicted octanol–water partition coefficient (Wildman–Crippen LogP) is 2.34. The van der Waals surface area contributed by atoms with Crippen molar-refractivity contribution in [2.24, 2.45) is 0 Å². The highest BCUT2D eigenvalue weighted by Crippen LogP contribution is 2.52.